The van der Waals surface area contributed by atoms with Crippen molar-refractivity contribution >= 4 is 44.5 Å². The van der Waals surface area contributed by atoms with Crippen LogP contribution in [-0.2, 0) is 12.8 Å². The van der Waals surface area contributed by atoms with Crippen molar-refractivity contribution in [2.75, 3.05) is 5.73 Å². The Kier molecular flexibility index (Phi) is 3.58. The zero-order chi connectivity index (χ0) is 14.1. The minimum atomic E-state index is 0.461. The van der Waals surface area contributed by atoms with Gasteiger partial charge in [-0.05, 0) is 28.1 Å². The van der Waals surface area contributed by atoms with Crippen LogP contribution in [0.2, 0.25) is 0 Å². The van der Waals surface area contributed by atoms with Crippen LogP contribution in [0.3, 0.4) is 0 Å². The second kappa shape index (κ2) is 5.37. The van der Waals surface area contributed by atoms with Gasteiger partial charge in [-0.15, -0.1) is 0 Å². The van der Waals surface area contributed by atoms with Crippen LogP contribution in [0.15, 0.2) is 34.0 Å². The summed E-state index contributed by atoms with van der Waals surface area (Å²) in [6, 6.07) is 3.90. The predicted octanol–water partition coefficient (Wildman–Crippen LogP) is 2.40. The molecule has 0 aromatic carbocycles. The summed E-state index contributed by atoms with van der Waals surface area (Å²) in [6.45, 7) is 0. The molecule has 0 fully saturated rings. The molecule has 0 aliphatic carbocycles. The summed E-state index contributed by atoms with van der Waals surface area (Å²) in [5.41, 5.74) is 6.67. The SMILES string of the molecule is Cn1ncc2c(N)nc(CSc3ccc(Br)cn3)nc21. The number of nitrogen functional groups attached to an aromatic ring is 1. The van der Waals surface area contributed by atoms with E-state index in [1.807, 2.05) is 19.2 Å². The summed E-state index contributed by atoms with van der Waals surface area (Å²) in [6.07, 6.45) is 3.44. The van der Waals surface area contributed by atoms with E-state index in [1.54, 1.807) is 28.8 Å². The molecule has 3 heterocycles. The monoisotopic (exact) mass is 350 g/mol. The first-order valence-corrected chi connectivity index (χ1v) is 7.60. The highest BCUT2D eigenvalue weighted by Crippen LogP contribution is 2.23. The lowest BCUT2D eigenvalue weighted by atomic mass is 10.4. The molecule has 0 saturated carbocycles. The van der Waals surface area contributed by atoms with E-state index in [0.29, 0.717) is 17.4 Å². The van der Waals surface area contributed by atoms with Crippen LogP contribution in [0.4, 0.5) is 5.82 Å². The van der Waals surface area contributed by atoms with Crippen molar-refractivity contribution in [3.8, 4) is 0 Å². The van der Waals surface area contributed by atoms with Gasteiger partial charge in [-0.2, -0.15) is 5.10 Å². The van der Waals surface area contributed by atoms with Crippen molar-refractivity contribution in [1.29, 1.82) is 0 Å². The zero-order valence-electron chi connectivity index (χ0n) is 10.6. The lowest BCUT2D eigenvalue weighted by molar-refractivity contribution is 0.782. The van der Waals surface area contributed by atoms with Crippen LogP contribution in [-0.4, -0.2) is 24.7 Å². The maximum absolute atomic E-state index is 5.92. The average Bonchev–Trinajstić information content (AvgIpc) is 2.81. The summed E-state index contributed by atoms with van der Waals surface area (Å²) in [5, 5.41) is 5.83. The molecule has 8 heteroatoms. The van der Waals surface area contributed by atoms with Crippen molar-refractivity contribution in [3.63, 3.8) is 0 Å². The molecule has 0 bridgehead atoms. The molecule has 0 aliphatic heterocycles. The highest BCUT2D eigenvalue weighted by molar-refractivity contribution is 9.10. The van der Waals surface area contributed by atoms with Gasteiger partial charge >= 0.3 is 0 Å². The minimum Gasteiger partial charge on any atom is -0.383 e. The van der Waals surface area contributed by atoms with Gasteiger partial charge in [-0.3, -0.25) is 4.68 Å². The fourth-order valence-corrected chi connectivity index (χ4v) is 2.67. The first-order valence-electron chi connectivity index (χ1n) is 5.82. The van der Waals surface area contributed by atoms with Gasteiger partial charge in [0.2, 0.25) is 0 Å². The molecular formula is C12H11BrN6S. The van der Waals surface area contributed by atoms with Gasteiger partial charge in [0, 0.05) is 17.7 Å². The second-order valence-electron chi connectivity index (χ2n) is 4.13. The molecule has 102 valence electrons. The van der Waals surface area contributed by atoms with Crippen LogP contribution >= 0.6 is 27.7 Å². The fraction of sp³-hybridized carbons (Fsp3) is 0.167. The van der Waals surface area contributed by atoms with E-state index in [4.69, 9.17) is 5.73 Å². The number of nitrogens with two attached hydrogens (primary N) is 1. The number of hydrogen-bond donors (Lipinski definition) is 1. The number of aryl methyl sites for hydroxylation is 1. The largest absolute Gasteiger partial charge is 0.383 e. The van der Waals surface area contributed by atoms with Crippen molar-refractivity contribution in [2.45, 2.75) is 10.8 Å². The zero-order valence-corrected chi connectivity index (χ0v) is 13.0. The van der Waals surface area contributed by atoms with Gasteiger partial charge in [0.05, 0.1) is 22.4 Å². The summed E-state index contributed by atoms with van der Waals surface area (Å²) >= 11 is 4.92. The molecule has 0 saturated heterocycles. The van der Waals surface area contributed by atoms with Crippen molar-refractivity contribution in [1.82, 2.24) is 24.7 Å². The topological polar surface area (TPSA) is 82.5 Å². The number of aromatic nitrogens is 5. The lowest BCUT2D eigenvalue weighted by Gasteiger charge is -2.03. The standard InChI is InChI=1S/C12H11BrN6S/c1-19-12-8(5-16-19)11(14)17-9(18-12)6-20-10-3-2-7(13)4-15-10/h2-5H,6H2,1H3,(H2,14,17,18). The van der Waals surface area contributed by atoms with E-state index < -0.39 is 0 Å². The third-order valence-corrected chi connectivity index (χ3v) is 4.13. The van der Waals surface area contributed by atoms with Crippen LogP contribution < -0.4 is 5.73 Å². The molecule has 0 unspecified atom stereocenters. The Morgan fingerprint density at radius 1 is 1.30 bits per heavy atom. The van der Waals surface area contributed by atoms with E-state index in [0.717, 1.165) is 20.5 Å². The normalized spacial score (nSPS) is 11.1. The molecule has 6 nitrogen and oxygen atoms in total. The number of thioether (sulfide) groups is 1. The molecule has 2 N–H and O–H groups in total. The number of nitrogens with zero attached hydrogens (tertiary/aromatic N) is 5. The van der Waals surface area contributed by atoms with E-state index in [2.05, 4.69) is 36.0 Å². The third kappa shape index (κ3) is 2.61. The molecule has 0 radical (unpaired) electrons. The van der Waals surface area contributed by atoms with Crippen LogP contribution in [0.25, 0.3) is 11.0 Å². The summed E-state index contributed by atoms with van der Waals surface area (Å²) in [7, 11) is 1.84. The molecule has 3 rings (SSSR count). The Morgan fingerprint density at radius 2 is 2.15 bits per heavy atom. The molecule has 0 aliphatic rings. The van der Waals surface area contributed by atoms with Crippen LogP contribution in [0.5, 0.6) is 0 Å². The van der Waals surface area contributed by atoms with Crippen molar-refractivity contribution in [2.24, 2.45) is 7.05 Å². The van der Waals surface area contributed by atoms with Gasteiger partial charge < -0.3 is 5.73 Å². The molecule has 0 amide bonds. The number of pyridine rings is 1. The molecular weight excluding hydrogens is 340 g/mol. The second-order valence-corrected chi connectivity index (χ2v) is 6.05. The quantitative estimate of drug-likeness (QED) is 0.730. The lowest BCUT2D eigenvalue weighted by Crippen LogP contribution is -2.01. The van der Waals surface area contributed by atoms with Gasteiger partial charge in [0.1, 0.15) is 11.6 Å². The predicted molar refractivity (Wildman–Crippen MR) is 82.2 cm³/mol. The smallest absolute Gasteiger partial charge is 0.163 e. The minimum absolute atomic E-state index is 0.461. The number of hydrogen-bond acceptors (Lipinski definition) is 6. The number of rotatable bonds is 3. The number of fused-ring (bicyclic) bond motifs is 1. The van der Waals surface area contributed by atoms with Gasteiger partial charge in [-0.25, -0.2) is 15.0 Å². The van der Waals surface area contributed by atoms with E-state index in [-0.39, 0.29) is 0 Å². The fourth-order valence-electron chi connectivity index (χ4n) is 1.74. The van der Waals surface area contributed by atoms with Crippen LogP contribution in [0, 0.1) is 0 Å². The first kappa shape index (κ1) is 13.3. The summed E-state index contributed by atoms with van der Waals surface area (Å²) < 4.78 is 2.65. The van der Waals surface area contributed by atoms with Gasteiger partial charge in [-0.1, -0.05) is 11.8 Å². The Hall–Kier alpha value is -1.67. The van der Waals surface area contributed by atoms with E-state index >= 15 is 0 Å². The van der Waals surface area contributed by atoms with Crippen molar-refractivity contribution < 1.29 is 0 Å². The maximum atomic E-state index is 5.92. The highest BCUT2D eigenvalue weighted by Gasteiger charge is 2.09. The highest BCUT2D eigenvalue weighted by atomic mass is 79.9. The molecule has 3 aromatic rings. The Balaban J connectivity index is 1.83. The van der Waals surface area contributed by atoms with Gasteiger partial charge in [0.15, 0.2) is 5.65 Å². The van der Waals surface area contributed by atoms with Gasteiger partial charge in [0.25, 0.3) is 0 Å². The number of halogens is 1. The Morgan fingerprint density at radius 3 is 2.90 bits per heavy atom. The summed E-state index contributed by atoms with van der Waals surface area (Å²) in [4.78, 5) is 13.1. The first-order chi connectivity index (χ1) is 9.63. The average molecular weight is 351 g/mol. The Labute approximate surface area is 127 Å². The van der Waals surface area contributed by atoms with E-state index in [1.165, 1.54) is 0 Å². The molecule has 0 atom stereocenters. The van der Waals surface area contributed by atoms with E-state index in [9.17, 15) is 0 Å². The molecule has 3 aromatic heterocycles. The van der Waals surface area contributed by atoms with Crippen molar-refractivity contribution in [3.05, 3.63) is 34.8 Å². The third-order valence-electron chi connectivity index (χ3n) is 2.72. The molecule has 0 spiro atoms. The number of anilines is 1. The van der Waals surface area contributed by atoms with Crippen LogP contribution in [0.1, 0.15) is 5.82 Å². The maximum Gasteiger partial charge on any atom is 0.163 e. The Bertz CT molecular complexity index is 754. The molecule has 20 heavy (non-hydrogen) atoms. The summed E-state index contributed by atoms with van der Waals surface area (Å²) in [5.74, 6) is 1.75.